The summed E-state index contributed by atoms with van der Waals surface area (Å²) in [6.45, 7) is 7.28. The number of piperidine rings is 1. The van der Waals surface area contributed by atoms with E-state index in [-0.39, 0.29) is 17.6 Å². The number of aromatic nitrogens is 3. The first-order valence-corrected chi connectivity index (χ1v) is 20.4. The predicted molar refractivity (Wildman–Crippen MR) is 217 cm³/mol. The molecular weight excluding hydrogens is 676 g/mol. The summed E-state index contributed by atoms with van der Waals surface area (Å²) in [6.07, 6.45) is 32.1. The van der Waals surface area contributed by atoms with Gasteiger partial charge in [0, 0.05) is 55.6 Å². The van der Waals surface area contributed by atoms with E-state index in [1.54, 1.807) is 23.0 Å². The number of halogens is 1. The van der Waals surface area contributed by atoms with Crippen molar-refractivity contribution in [2.45, 2.75) is 103 Å². The number of carbonyl (C=O) groups is 2. The Bertz CT molecular complexity index is 1700. The zero-order valence-corrected chi connectivity index (χ0v) is 32.7. The molecule has 5 rings (SSSR count). The summed E-state index contributed by atoms with van der Waals surface area (Å²) in [7, 11) is 1.86. The number of aryl methyl sites for hydroxylation is 1. The average Bonchev–Trinajstić information content (AvgIpc) is 3.73. The quantitative estimate of drug-likeness (QED) is 0.0821. The number of carbonyl (C=O) groups excluding carboxylic acids is 2. The van der Waals surface area contributed by atoms with Gasteiger partial charge in [-0.3, -0.25) is 19.3 Å². The van der Waals surface area contributed by atoms with Gasteiger partial charge in [-0.2, -0.15) is 5.10 Å². The first-order valence-electron chi connectivity index (χ1n) is 20.4. The van der Waals surface area contributed by atoms with Crippen molar-refractivity contribution in [1.82, 2.24) is 29.9 Å². The molecule has 0 saturated carbocycles. The summed E-state index contributed by atoms with van der Waals surface area (Å²) in [5.41, 5.74) is 4.65. The van der Waals surface area contributed by atoms with Crippen molar-refractivity contribution in [3.63, 3.8) is 0 Å². The van der Waals surface area contributed by atoms with E-state index in [2.05, 4.69) is 63.7 Å². The highest BCUT2D eigenvalue weighted by atomic mass is 19.1. The molecule has 0 bridgehead atoms. The number of nitrogens with one attached hydrogen (secondary N) is 1. The summed E-state index contributed by atoms with van der Waals surface area (Å²) in [5.74, 6) is 0.505. The molecule has 0 spiro atoms. The Morgan fingerprint density at radius 3 is 2.39 bits per heavy atom. The van der Waals surface area contributed by atoms with Gasteiger partial charge in [0.2, 0.25) is 5.91 Å². The van der Waals surface area contributed by atoms with Crippen molar-refractivity contribution in [3.05, 3.63) is 96.3 Å². The molecule has 0 radical (unpaired) electrons. The Hall–Kier alpha value is -4.37. The lowest BCUT2D eigenvalue weighted by Crippen LogP contribution is -2.37. The molecule has 1 aromatic carbocycles. The Morgan fingerprint density at radius 2 is 1.61 bits per heavy atom. The molecule has 2 aliphatic heterocycles. The van der Waals surface area contributed by atoms with E-state index >= 15 is 0 Å². The summed E-state index contributed by atoms with van der Waals surface area (Å²) in [5, 5.41) is 7.78. The molecule has 2 amide bonds. The van der Waals surface area contributed by atoms with Crippen LogP contribution in [0.3, 0.4) is 0 Å². The van der Waals surface area contributed by atoms with E-state index < -0.39 is 0 Å². The van der Waals surface area contributed by atoms with E-state index in [1.807, 2.05) is 24.2 Å². The Kier molecular flexibility index (Phi) is 16.7. The molecule has 4 heterocycles. The van der Waals surface area contributed by atoms with Gasteiger partial charge in [0.1, 0.15) is 11.5 Å². The Balaban J connectivity index is 0.913. The predicted octanol–water partition coefficient (Wildman–Crippen LogP) is 9.44. The molecule has 2 aliphatic rings. The maximum Gasteiger partial charge on any atom is 0.256 e. The first-order chi connectivity index (χ1) is 26.4. The van der Waals surface area contributed by atoms with Gasteiger partial charge in [0.05, 0.1) is 17.8 Å². The van der Waals surface area contributed by atoms with Crippen molar-refractivity contribution in [2.75, 3.05) is 32.7 Å². The lowest BCUT2D eigenvalue weighted by molar-refractivity contribution is -0.121. The fourth-order valence-corrected chi connectivity index (χ4v) is 7.55. The minimum atomic E-state index is -0.296. The van der Waals surface area contributed by atoms with Crippen molar-refractivity contribution >= 4 is 11.8 Å². The Labute approximate surface area is 322 Å². The third kappa shape index (κ3) is 12.6. The molecule has 1 saturated heterocycles. The normalized spacial score (nSPS) is 15.4. The van der Waals surface area contributed by atoms with Crippen LogP contribution < -0.4 is 5.32 Å². The summed E-state index contributed by atoms with van der Waals surface area (Å²) in [6, 6.07) is 8.20. The molecule has 8 nitrogen and oxygen atoms in total. The first kappa shape index (κ1) is 40.8. The highest BCUT2D eigenvalue weighted by Crippen LogP contribution is 2.37. The fraction of sp³-hybridized carbons (Fsp3) is 0.511. The topological polar surface area (TPSA) is 83.4 Å². The average molecular weight is 737 g/mol. The van der Waals surface area contributed by atoms with Crippen LogP contribution in [0.5, 0.6) is 0 Å². The van der Waals surface area contributed by atoms with Crippen LogP contribution in [0.1, 0.15) is 113 Å². The molecule has 1 N–H and O–H groups in total. The number of rotatable bonds is 22. The van der Waals surface area contributed by atoms with Crippen LogP contribution in [0.25, 0.3) is 22.4 Å². The largest absolute Gasteiger partial charge is 0.356 e. The second-order valence-corrected chi connectivity index (χ2v) is 14.9. The van der Waals surface area contributed by atoms with Gasteiger partial charge in [-0.05, 0) is 120 Å². The number of benzene rings is 1. The molecule has 9 heteroatoms. The number of likely N-dealkylation sites (tertiary alicyclic amines) is 1. The van der Waals surface area contributed by atoms with Crippen LogP contribution in [-0.2, 0) is 18.4 Å². The zero-order chi connectivity index (χ0) is 38.0. The van der Waals surface area contributed by atoms with E-state index in [9.17, 15) is 14.0 Å². The number of unbranched alkanes of at least 4 members (excludes halogenated alkanes) is 5. The molecule has 3 aromatic rings. The van der Waals surface area contributed by atoms with Crippen molar-refractivity contribution < 1.29 is 14.0 Å². The number of amides is 2. The summed E-state index contributed by atoms with van der Waals surface area (Å²) >= 11 is 0. The molecule has 2 aromatic heterocycles. The number of allylic oxidation sites excluding steroid dienone is 6. The van der Waals surface area contributed by atoms with Crippen LogP contribution in [0.2, 0.25) is 0 Å². The highest BCUT2D eigenvalue weighted by molar-refractivity contribution is 6.05. The van der Waals surface area contributed by atoms with Gasteiger partial charge in [-0.25, -0.2) is 4.39 Å². The molecule has 54 heavy (non-hydrogen) atoms. The van der Waals surface area contributed by atoms with Crippen molar-refractivity contribution in [3.8, 4) is 22.4 Å². The van der Waals surface area contributed by atoms with Crippen LogP contribution >= 0.6 is 0 Å². The molecule has 0 aliphatic carbocycles. The number of hydrogen-bond donors (Lipinski definition) is 1. The van der Waals surface area contributed by atoms with Crippen LogP contribution in [0.15, 0.2) is 79.2 Å². The van der Waals surface area contributed by atoms with E-state index in [1.165, 1.54) is 31.4 Å². The van der Waals surface area contributed by atoms with Crippen LogP contribution in [-0.4, -0.2) is 69.1 Å². The number of pyridine rings is 1. The maximum absolute atomic E-state index is 13.8. The minimum absolute atomic E-state index is 0.0236. The van der Waals surface area contributed by atoms with E-state index in [0.29, 0.717) is 24.4 Å². The monoisotopic (exact) mass is 736 g/mol. The lowest BCUT2D eigenvalue weighted by atomic mass is 9.93. The molecule has 0 unspecified atom stereocenters. The van der Waals surface area contributed by atoms with Gasteiger partial charge in [0.15, 0.2) is 0 Å². The third-order valence-electron chi connectivity index (χ3n) is 10.7. The highest BCUT2D eigenvalue weighted by Gasteiger charge is 2.33. The lowest BCUT2D eigenvalue weighted by Gasteiger charge is -2.32. The van der Waals surface area contributed by atoms with Gasteiger partial charge >= 0.3 is 0 Å². The van der Waals surface area contributed by atoms with Gasteiger partial charge in [-0.15, -0.1) is 0 Å². The van der Waals surface area contributed by atoms with Crippen LogP contribution in [0, 0.1) is 11.7 Å². The second kappa shape index (κ2) is 22.1. The smallest absolute Gasteiger partial charge is 0.256 e. The Morgan fingerprint density at radius 1 is 0.889 bits per heavy atom. The number of fused-ring (bicyclic) bond motifs is 1. The summed E-state index contributed by atoms with van der Waals surface area (Å²) in [4.78, 5) is 35.1. The van der Waals surface area contributed by atoms with E-state index in [4.69, 9.17) is 0 Å². The molecular formula is C45H61FN6O2. The summed E-state index contributed by atoms with van der Waals surface area (Å²) < 4.78 is 15.4. The number of nitrogens with zero attached hydrogens (tertiary/aromatic N) is 5. The molecule has 290 valence electrons. The molecule has 1 fully saturated rings. The van der Waals surface area contributed by atoms with Gasteiger partial charge in [-0.1, -0.05) is 62.6 Å². The second-order valence-electron chi connectivity index (χ2n) is 14.9. The number of hydrogen-bond acceptors (Lipinski definition) is 5. The van der Waals surface area contributed by atoms with E-state index in [0.717, 1.165) is 125 Å². The van der Waals surface area contributed by atoms with Crippen LogP contribution in [0.4, 0.5) is 4.39 Å². The third-order valence-corrected chi connectivity index (χ3v) is 10.7. The van der Waals surface area contributed by atoms with Gasteiger partial charge in [0.25, 0.3) is 5.91 Å². The standard InChI is InChI=1S/C45H61FN6O2/c1-3-4-5-6-7-8-9-10-11-12-13-14-15-16-17-19-42(53)48-28-18-30-51-31-25-36(26-32-51)27-33-52-35-41-43(45(52)54)39(24-29-47-41)40-34-50(2)49-44(40)37-20-22-38(46)23-21-37/h4-5,7-8,10-11,20-24,29,34,36H,3,6,9,12-19,25-28,30-33,35H2,1-2H3,(H,48,53)/b5-4-,8-7-,11-10-. The van der Waals surface area contributed by atoms with Crippen molar-refractivity contribution in [1.29, 1.82) is 0 Å². The molecule has 0 atom stereocenters. The maximum atomic E-state index is 13.8. The fourth-order valence-electron chi connectivity index (χ4n) is 7.55. The van der Waals surface area contributed by atoms with Gasteiger partial charge < -0.3 is 15.1 Å². The minimum Gasteiger partial charge on any atom is -0.356 e. The zero-order valence-electron chi connectivity index (χ0n) is 32.7. The SMILES string of the molecule is CC/C=C\C/C=C\C/C=C\CCCCCCCC(=O)NCCCN1CCC(CCN2Cc3nccc(-c4cn(C)nc4-c4ccc(F)cc4)c3C2=O)CC1. The van der Waals surface area contributed by atoms with Crippen molar-refractivity contribution in [2.24, 2.45) is 13.0 Å².